The lowest BCUT2D eigenvalue weighted by atomic mass is 9.96. The SMILES string of the molecule is CC1(C)O[C@@H]2[C@H](O1)[C@H]1OC(C)(C)O[C@H]1O[C@@H]2[C@@H](C=O)OCc1ccccc1. The zero-order valence-electron chi connectivity index (χ0n) is 16.0. The molecule has 7 heteroatoms. The van der Waals surface area contributed by atoms with Crippen LogP contribution in [-0.4, -0.2) is 54.7 Å². The van der Waals surface area contributed by atoms with E-state index in [4.69, 9.17) is 28.4 Å². The van der Waals surface area contributed by atoms with Crippen molar-refractivity contribution in [3.05, 3.63) is 35.9 Å². The number of carbonyl (C=O) groups is 1. The van der Waals surface area contributed by atoms with Gasteiger partial charge in [-0.15, -0.1) is 0 Å². The molecule has 0 amide bonds. The topological polar surface area (TPSA) is 72.5 Å². The standard InChI is InChI=1S/C20H26O7/c1-19(2)24-15-14(13(10-21)22-11-12-8-6-5-7-9-12)23-18-17(16(15)25-19)26-20(3,4)27-18/h5-10,13-18H,11H2,1-4H3/t13-,14-,15+,16+,17-,18-/m1/s1. The van der Waals surface area contributed by atoms with E-state index in [9.17, 15) is 4.79 Å². The van der Waals surface area contributed by atoms with E-state index >= 15 is 0 Å². The van der Waals surface area contributed by atoms with Crippen LogP contribution in [0.4, 0.5) is 0 Å². The van der Waals surface area contributed by atoms with Gasteiger partial charge in [0.05, 0.1) is 6.61 Å². The Balaban J connectivity index is 1.54. The van der Waals surface area contributed by atoms with E-state index < -0.39 is 48.4 Å². The van der Waals surface area contributed by atoms with Crippen LogP contribution in [0.2, 0.25) is 0 Å². The highest BCUT2D eigenvalue weighted by molar-refractivity contribution is 5.57. The summed E-state index contributed by atoms with van der Waals surface area (Å²) in [5.41, 5.74) is 0.972. The van der Waals surface area contributed by atoms with Crippen LogP contribution < -0.4 is 0 Å². The van der Waals surface area contributed by atoms with Crippen LogP contribution in [-0.2, 0) is 39.8 Å². The predicted octanol–water partition coefficient (Wildman–Crippen LogP) is 2.17. The minimum atomic E-state index is -0.816. The molecular weight excluding hydrogens is 352 g/mol. The van der Waals surface area contributed by atoms with Gasteiger partial charge in [0, 0.05) is 0 Å². The van der Waals surface area contributed by atoms with Crippen molar-refractivity contribution in [1.82, 2.24) is 0 Å². The summed E-state index contributed by atoms with van der Waals surface area (Å²) in [5.74, 6) is -1.61. The van der Waals surface area contributed by atoms with Gasteiger partial charge >= 0.3 is 0 Å². The van der Waals surface area contributed by atoms with E-state index in [-0.39, 0.29) is 0 Å². The third kappa shape index (κ3) is 3.81. The van der Waals surface area contributed by atoms with Crippen LogP contribution in [0.15, 0.2) is 30.3 Å². The largest absolute Gasteiger partial charge is 0.363 e. The zero-order valence-corrected chi connectivity index (χ0v) is 16.0. The summed E-state index contributed by atoms with van der Waals surface area (Å²) in [6, 6.07) is 9.66. The number of benzene rings is 1. The Kier molecular flexibility index (Phi) is 4.86. The molecule has 7 nitrogen and oxygen atoms in total. The summed E-state index contributed by atoms with van der Waals surface area (Å²) in [6.45, 7) is 7.60. The molecule has 0 spiro atoms. The normalized spacial score (nSPS) is 37.4. The fourth-order valence-corrected chi connectivity index (χ4v) is 3.89. The highest BCUT2D eigenvalue weighted by Crippen LogP contribution is 2.44. The molecule has 0 aromatic heterocycles. The lowest BCUT2D eigenvalue weighted by Crippen LogP contribution is -2.59. The second-order valence-corrected chi connectivity index (χ2v) is 8.03. The molecule has 3 aliphatic heterocycles. The van der Waals surface area contributed by atoms with E-state index in [1.54, 1.807) is 0 Å². The maximum absolute atomic E-state index is 11.8. The molecule has 0 N–H and O–H groups in total. The lowest BCUT2D eigenvalue weighted by Gasteiger charge is -2.39. The first-order valence-corrected chi connectivity index (χ1v) is 9.26. The lowest BCUT2D eigenvalue weighted by molar-refractivity contribution is -0.253. The summed E-state index contributed by atoms with van der Waals surface area (Å²) in [6.07, 6.45) is -2.70. The number of hydrogen-bond acceptors (Lipinski definition) is 7. The molecule has 1 aromatic rings. The summed E-state index contributed by atoms with van der Waals surface area (Å²) >= 11 is 0. The van der Waals surface area contributed by atoms with Crippen LogP contribution in [0.5, 0.6) is 0 Å². The molecule has 3 saturated heterocycles. The van der Waals surface area contributed by atoms with Crippen molar-refractivity contribution in [2.24, 2.45) is 0 Å². The summed E-state index contributed by atoms with van der Waals surface area (Å²) in [7, 11) is 0. The Labute approximate surface area is 158 Å². The van der Waals surface area contributed by atoms with Crippen molar-refractivity contribution in [3.8, 4) is 0 Å². The Morgan fingerprint density at radius 1 is 0.963 bits per heavy atom. The van der Waals surface area contributed by atoms with Gasteiger partial charge in [0.15, 0.2) is 24.2 Å². The Morgan fingerprint density at radius 2 is 1.59 bits per heavy atom. The predicted molar refractivity (Wildman–Crippen MR) is 93.6 cm³/mol. The van der Waals surface area contributed by atoms with Gasteiger partial charge in [0.2, 0.25) is 0 Å². The molecule has 27 heavy (non-hydrogen) atoms. The van der Waals surface area contributed by atoms with Gasteiger partial charge < -0.3 is 33.2 Å². The molecule has 4 rings (SSSR count). The van der Waals surface area contributed by atoms with Crippen molar-refractivity contribution >= 4 is 6.29 Å². The molecule has 0 radical (unpaired) electrons. The zero-order chi connectivity index (χ0) is 19.2. The van der Waals surface area contributed by atoms with Gasteiger partial charge in [0.25, 0.3) is 0 Å². The molecule has 0 unspecified atom stereocenters. The molecule has 148 valence electrons. The minimum Gasteiger partial charge on any atom is -0.363 e. The van der Waals surface area contributed by atoms with Crippen molar-refractivity contribution in [2.45, 2.75) is 82.7 Å². The highest BCUT2D eigenvalue weighted by Gasteiger charge is 2.62. The first-order valence-electron chi connectivity index (χ1n) is 9.26. The highest BCUT2D eigenvalue weighted by atomic mass is 16.9. The number of ether oxygens (including phenoxy) is 6. The number of hydrogen-bond donors (Lipinski definition) is 0. The minimum absolute atomic E-state index is 0.294. The fraction of sp³-hybridized carbons (Fsp3) is 0.650. The van der Waals surface area contributed by atoms with Crippen LogP contribution in [0, 0.1) is 0 Å². The first kappa shape index (κ1) is 19.0. The van der Waals surface area contributed by atoms with Gasteiger partial charge in [0.1, 0.15) is 30.5 Å². The summed E-state index contributed by atoms with van der Waals surface area (Å²) in [5, 5.41) is 0. The van der Waals surface area contributed by atoms with Gasteiger partial charge in [-0.1, -0.05) is 30.3 Å². The average Bonchev–Trinajstić information content (AvgIpc) is 3.10. The third-order valence-electron chi connectivity index (χ3n) is 4.93. The van der Waals surface area contributed by atoms with E-state index in [0.29, 0.717) is 6.61 Å². The van der Waals surface area contributed by atoms with Crippen LogP contribution in [0.1, 0.15) is 33.3 Å². The molecule has 6 atom stereocenters. The second kappa shape index (κ2) is 6.92. The summed E-state index contributed by atoms with van der Waals surface area (Å²) < 4.78 is 35.9. The van der Waals surface area contributed by atoms with E-state index in [1.807, 2.05) is 58.0 Å². The molecule has 3 fully saturated rings. The molecule has 1 aromatic carbocycles. The van der Waals surface area contributed by atoms with Crippen molar-refractivity contribution < 1.29 is 33.2 Å². The van der Waals surface area contributed by atoms with E-state index in [1.165, 1.54) is 0 Å². The fourth-order valence-electron chi connectivity index (χ4n) is 3.89. The smallest absolute Gasteiger partial charge is 0.190 e. The average molecular weight is 378 g/mol. The van der Waals surface area contributed by atoms with Gasteiger partial charge in [-0.25, -0.2) is 0 Å². The summed E-state index contributed by atoms with van der Waals surface area (Å²) in [4.78, 5) is 11.8. The Hall–Kier alpha value is -1.35. The quantitative estimate of drug-likeness (QED) is 0.727. The number of aldehydes is 1. The Bertz CT molecular complexity index is 674. The molecule has 0 bridgehead atoms. The van der Waals surface area contributed by atoms with Crippen LogP contribution in [0.25, 0.3) is 0 Å². The van der Waals surface area contributed by atoms with Crippen LogP contribution >= 0.6 is 0 Å². The van der Waals surface area contributed by atoms with Crippen molar-refractivity contribution in [3.63, 3.8) is 0 Å². The maximum Gasteiger partial charge on any atom is 0.190 e. The third-order valence-corrected chi connectivity index (χ3v) is 4.93. The van der Waals surface area contributed by atoms with Gasteiger partial charge in [-0.3, -0.25) is 0 Å². The molecule has 0 saturated carbocycles. The van der Waals surface area contributed by atoms with Crippen LogP contribution in [0.3, 0.4) is 0 Å². The van der Waals surface area contributed by atoms with E-state index in [2.05, 4.69) is 0 Å². The second-order valence-electron chi connectivity index (χ2n) is 8.03. The molecular formula is C20H26O7. The molecule has 3 aliphatic rings. The van der Waals surface area contributed by atoms with Crippen molar-refractivity contribution in [2.75, 3.05) is 0 Å². The Morgan fingerprint density at radius 3 is 2.30 bits per heavy atom. The van der Waals surface area contributed by atoms with Crippen molar-refractivity contribution in [1.29, 1.82) is 0 Å². The van der Waals surface area contributed by atoms with Gasteiger partial charge in [-0.05, 0) is 33.3 Å². The molecule has 0 aliphatic carbocycles. The van der Waals surface area contributed by atoms with Gasteiger partial charge in [-0.2, -0.15) is 0 Å². The van der Waals surface area contributed by atoms with E-state index in [0.717, 1.165) is 11.8 Å². The first-order chi connectivity index (χ1) is 12.8. The number of carbonyl (C=O) groups excluding carboxylic acids is 1. The number of fused-ring (bicyclic) bond motifs is 3. The monoisotopic (exact) mass is 378 g/mol. The molecule has 3 heterocycles. The maximum atomic E-state index is 11.8. The number of rotatable bonds is 5.